The number of aromatic nitrogens is 1. The molecular weight excluding hydrogens is 312 g/mol. The Morgan fingerprint density at radius 2 is 1.87 bits per heavy atom. The molecule has 3 aromatic rings. The van der Waals surface area contributed by atoms with Crippen LogP contribution < -0.4 is 5.73 Å². The minimum atomic E-state index is -0.278. The Labute approximate surface area is 140 Å². The van der Waals surface area contributed by atoms with Crippen molar-refractivity contribution in [3.05, 3.63) is 71.9 Å². The molecule has 0 unspecified atom stereocenters. The van der Waals surface area contributed by atoms with Crippen LogP contribution in [0.25, 0.3) is 10.9 Å². The first kappa shape index (κ1) is 16.6. The van der Waals surface area contributed by atoms with Gasteiger partial charge in [-0.3, -0.25) is 15.1 Å². The van der Waals surface area contributed by atoms with E-state index in [1.54, 1.807) is 12.1 Å². The minimum Gasteiger partial charge on any atom is -0.370 e. The summed E-state index contributed by atoms with van der Waals surface area (Å²) in [6, 6.07) is 16.8. The molecule has 0 aliphatic heterocycles. The number of hydrogen-bond donors (Lipinski definition) is 3. The summed E-state index contributed by atoms with van der Waals surface area (Å²) in [6.07, 6.45) is 1.83. The van der Waals surface area contributed by atoms with Crippen LogP contribution >= 0.6 is 12.4 Å². The number of rotatable bonds is 3. The molecule has 4 N–H and O–H groups in total. The van der Waals surface area contributed by atoms with Crippen molar-refractivity contribution in [2.45, 2.75) is 6.54 Å². The molecule has 118 valence electrons. The smallest absolute Gasteiger partial charge is 0.260 e. The van der Waals surface area contributed by atoms with E-state index in [1.165, 1.54) is 4.90 Å². The summed E-state index contributed by atoms with van der Waals surface area (Å²) >= 11 is 0. The van der Waals surface area contributed by atoms with Gasteiger partial charge in [0, 0.05) is 22.7 Å². The molecule has 0 radical (unpaired) electrons. The van der Waals surface area contributed by atoms with Gasteiger partial charge in [0.15, 0.2) is 5.96 Å². The Hall–Kier alpha value is -2.79. The van der Waals surface area contributed by atoms with Crippen molar-refractivity contribution >= 4 is 35.2 Å². The van der Waals surface area contributed by atoms with Crippen molar-refractivity contribution < 1.29 is 4.79 Å². The van der Waals surface area contributed by atoms with Gasteiger partial charge in [-0.1, -0.05) is 30.3 Å². The summed E-state index contributed by atoms with van der Waals surface area (Å²) in [6.45, 7) is 0.278. The van der Waals surface area contributed by atoms with Crippen LogP contribution in [0.1, 0.15) is 15.9 Å². The molecule has 0 fully saturated rings. The van der Waals surface area contributed by atoms with E-state index in [1.807, 2.05) is 48.7 Å². The predicted octanol–water partition coefficient (Wildman–Crippen LogP) is 3.13. The van der Waals surface area contributed by atoms with Crippen molar-refractivity contribution in [3.63, 3.8) is 0 Å². The Kier molecular flexibility index (Phi) is 5.03. The molecule has 0 aliphatic carbocycles. The van der Waals surface area contributed by atoms with E-state index in [2.05, 4.69) is 4.98 Å². The third-order valence-corrected chi connectivity index (χ3v) is 3.52. The van der Waals surface area contributed by atoms with Gasteiger partial charge >= 0.3 is 0 Å². The predicted molar refractivity (Wildman–Crippen MR) is 93.8 cm³/mol. The summed E-state index contributed by atoms with van der Waals surface area (Å²) in [7, 11) is 0. The monoisotopic (exact) mass is 328 g/mol. The second kappa shape index (κ2) is 6.98. The van der Waals surface area contributed by atoms with Gasteiger partial charge in [0.05, 0.1) is 6.54 Å². The molecule has 0 aliphatic rings. The standard InChI is InChI=1S/C17H16N4O.ClH/c18-17(19)21(11-12-4-2-1-3-5-12)16(22)14-6-7-15-13(10-14)8-9-20-15;/h1-10,20H,11H2,(H3,18,19);1H. The Balaban J connectivity index is 0.00000192. The first-order valence-electron chi connectivity index (χ1n) is 6.92. The van der Waals surface area contributed by atoms with Crippen LogP contribution in [0.15, 0.2) is 60.8 Å². The van der Waals surface area contributed by atoms with E-state index < -0.39 is 0 Å². The van der Waals surface area contributed by atoms with Crippen molar-refractivity contribution in [1.29, 1.82) is 5.41 Å². The number of fused-ring (bicyclic) bond motifs is 1. The molecule has 1 aromatic heterocycles. The molecular formula is C17H17ClN4O. The number of H-pyrrole nitrogens is 1. The van der Waals surface area contributed by atoms with E-state index in [4.69, 9.17) is 11.1 Å². The number of carbonyl (C=O) groups is 1. The van der Waals surface area contributed by atoms with Gasteiger partial charge in [0.25, 0.3) is 5.91 Å². The van der Waals surface area contributed by atoms with Gasteiger partial charge < -0.3 is 10.7 Å². The molecule has 2 aromatic carbocycles. The first-order chi connectivity index (χ1) is 10.6. The van der Waals surface area contributed by atoms with E-state index in [0.29, 0.717) is 5.56 Å². The van der Waals surface area contributed by atoms with Gasteiger partial charge in [-0.2, -0.15) is 0 Å². The highest BCUT2D eigenvalue weighted by molar-refractivity contribution is 6.06. The Morgan fingerprint density at radius 1 is 1.13 bits per heavy atom. The molecule has 0 bridgehead atoms. The maximum atomic E-state index is 12.7. The second-order valence-corrected chi connectivity index (χ2v) is 5.04. The lowest BCUT2D eigenvalue weighted by atomic mass is 10.1. The number of nitrogens with zero attached hydrogens (tertiary/aromatic N) is 1. The van der Waals surface area contributed by atoms with Crippen molar-refractivity contribution in [2.24, 2.45) is 5.73 Å². The number of nitrogens with two attached hydrogens (primary N) is 1. The zero-order chi connectivity index (χ0) is 15.5. The number of nitrogens with one attached hydrogen (secondary N) is 2. The van der Waals surface area contributed by atoms with Gasteiger partial charge in [0.2, 0.25) is 0 Å². The molecule has 5 nitrogen and oxygen atoms in total. The number of guanidine groups is 1. The Morgan fingerprint density at radius 3 is 2.57 bits per heavy atom. The van der Waals surface area contributed by atoms with Crippen molar-refractivity contribution in [2.75, 3.05) is 0 Å². The minimum absolute atomic E-state index is 0. The maximum Gasteiger partial charge on any atom is 0.260 e. The van der Waals surface area contributed by atoms with Gasteiger partial charge in [-0.15, -0.1) is 12.4 Å². The highest BCUT2D eigenvalue weighted by atomic mass is 35.5. The van der Waals surface area contributed by atoms with Gasteiger partial charge in [0.1, 0.15) is 0 Å². The van der Waals surface area contributed by atoms with Crippen LogP contribution in [0.2, 0.25) is 0 Å². The van der Waals surface area contributed by atoms with Crippen molar-refractivity contribution in [3.8, 4) is 0 Å². The molecule has 1 heterocycles. The van der Waals surface area contributed by atoms with Crippen LogP contribution in [-0.4, -0.2) is 21.8 Å². The number of benzene rings is 2. The molecule has 0 saturated heterocycles. The average molecular weight is 329 g/mol. The molecule has 1 amide bonds. The number of amides is 1. The average Bonchev–Trinajstić information content (AvgIpc) is 3.00. The highest BCUT2D eigenvalue weighted by Gasteiger charge is 2.19. The van der Waals surface area contributed by atoms with E-state index >= 15 is 0 Å². The summed E-state index contributed by atoms with van der Waals surface area (Å²) in [4.78, 5) is 17.0. The lowest BCUT2D eigenvalue weighted by Gasteiger charge is -2.21. The fraction of sp³-hybridized carbons (Fsp3) is 0.0588. The van der Waals surface area contributed by atoms with Crippen molar-refractivity contribution in [1.82, 2.24) is 9.88 Å². The topological polar surface area (TPSA) is 86.0 Å². The molecule has 23 heavy (non-hydrogen) atoms. The lowest BCUT2D eigenvalue weighted by Crippen LogP contribution is -2.40. The summed E-state index contributed by atoms with van der Waals surface area (Å²) < 4.78 is 0. The van der Waals surface area contributed by atoms with Gasteiger partial charge in [-0.25, -0.2) is 0 Å². The van der Waals surface area contributed by atoms with E-state index in [-0.39, 0.29) is 30.8 Å². The van der Waals surface area contributed by atoms with Gasteiger partial charge in [-0.05, 0) is 29.8 Å². The SMILES string of the molecule is Cl.N=C(N)N(Cc1ccccc1)C(=O)c1ccc2[nH]ccc2c1. The number of hydrogen-bond acceptors (Lipinski definition) is 2. The molecule has 3 rings (SSSR count). The molecule has 0 spiro atoms. The fourth-order valence-corrected chi connectivity index (χ4v) is 2.37. The van der Waals surface area contributed by atoms with Crippen LogP contribution in [0, 0.1) is 5.41 Å². The molecule has 0 atom stereocenters. The summed E-state index contributed by atoms with van der Waals surface area (Å²) in [5.74, 6) is -0.539. The molecule has 6 heteroatoms. The lowest BCUT2D eigenvalue weighted by molar-refractivity contribution is 0.0837. The maximum absolute atomic E-state index is 12.7. The third kappa shape index (κ3) is 3.52. The number of aromatic amines is 1. The zero-order valence-corrected chi connectivity index (χ0v) is 13.1. The van der Waals surface area contributed by atoms with Crippen LogP contribution in [0.4, 0.5) is 0 Å². The normalized spacial score (nSPS) is 10.1. The largest absolute Gasteiger partial charge is 0.370 e. The van der Waals surface area contributed by atoms with Crippen LogP contribution in [0.5, 0.6) is 0 Å². The van der Waals surface area contributed by atoms with E-state index in [0.717, 1.165) is 16.5 Å². The van der Waals surface area contributed by atoms with E-state index in [9.17, 15) is 4.79 Å². The summed E-state index contributed by atoms with van der Waals surface area (Å²) in [5.41, 5.74) is 8.00. The van der Waals surface area contributed by atoms with Crippen LogP contribution in [0.3, 0.4) is 0 Å². The first-order valence-corrected chi connectivity index (χ1v) is 6.92. The van der Waals surface area contributed by atoms with Crippen LogP contribution in [-0.2, 0) is 6.54 Å². The highest BCUT2D eigenvalue weighted by Crippen LogP contribution is 2.16. The quantitative estimate of drug-likeness (QED) is 0.509. The fourth-order valence-electron chi connectivity index (χ4n) is 2.37. The second-order valence-electron chi connectivity index (χ2n) is 5.04. The summed E-state index contributed by atoms with van der Waals surface area (Å²) in [5, 5.41) is 8.64. The Bertz CT molecular complexity index is 829. The number of halogens is 1. The molecule has 0 saturated carbocycles. The third-order valence-electron chi connectivity index (χ3n) is 3.52. The zero-order valence-electron chi connectivity index (χ0n) is 12.3. The number of carbonyl (C=O) groups excluding carboxylic acids is 1.